The van der Waals surface area contributed by atoms with Gasteiger partial charge in [-0.25, -0.2) is 22.9 Å². The van der Waals surface area contributed by atoms with Gasteiger partial charge in [-0.3, -0.25) is 0 Å². The lowest BCUT2D eigenvalue weighted by molar-refractivity contribution is 0.0600. The van der Waals surface area contributed by atoms with Crippen molar-refractivity contribution in [3.05, 3.63) is 53.5 Å². The monoisotopic (exact) mass is 282 g/mol. The highest BCUT2D eigenvalue weighted by Crippen LogP contribution is 2.23. The van der Waals surface area contributed by atoms with Crippen LogP contribution in [-0.4, -0.2) is 18.1 Å². The molecule has 104 valence electrons. The number of rotatable bonds is 3. The Morgan fingerprint density at radius 2 is 1.95 bits per heavy atom. The Morgan fingerprint density at radius 3 is 2.65 bits per heavy atom. The maximum Gasteiger partial charge on any atom is 0.338 e. The van der Waals surface area contributed by atoms with E-state index in [9.17, 15) is 18.0 Å². The number of esters is 1. The van der Waals surface area contributed by atoms with Gasteiger partial charge in [-0.15, -0.1) is 0 Å². The summed E-state index contributed by atoms with van der Waals surface area (Å²) in [5.74, 6) is -4.74. The maximum absolute atomic E-state index is 13.5. The van der Waals surface area contributed by atoms with Crippen LogP contribution >= 0.6 is 0 Å². The highest BCUT2D eigenvalue weighted by atomic mass is 19.2. The van der Waals surface area contributed by atoms with Crippen LogP contribution in [0.15, 0.2) is 30.5 Å². The predicted molar refractivity (Wildman–Crippen MR) is 65.2 cm³/mol. The quantitative estimate of drug-likeness (QED) is 0.694. The van der Waals surface area contributed by atoms with Crippen molar-refractivity contribution < 1.29 is 22.7 Å². The number of hydrogen-bond acceptors (Lipinski definition) is 4. The van der Waals surface area contributed by atoms with E-state index in [4.69, 9.17) is 0 Å². The van der Waals surface area contributed by atoms with E-state index < -0.39 is 23.4 Å². The van der Waals surface area contributed by atoms with Crippen LogP contribution in [0, 0.1) is 17.5 Å². The van der Waals surface area contributed by atoms with E-state index >= 15 is 0 Å². The van der Waals surface area contributed by atoms with Crippen molar-refractivity contribution in [1.29, 1.82) is 0 Å². The van der Waals surface area contributed by atoms with Gasteiger partial charge in [-0.1, -0.05) is 0 Å². The number of aromatic nitrogens is 1. The number of carbonyl (C=O) groups excluding carboxylic acids is 1. The average molecular weight is 282 g/mol. The topological polar surface area (TPSA) is 51.2 Å². The fourth-order valence-corrected chi connectivity index (χ4v) is 1.50. The molecule has 7 heteroatoms. The molecule has 0 radical (unpaired) electrons. The molecule has 0 saturated heterocycles. The van der Waals surface area contributed by atoms with Crippen molar-refractivity contribution in [2.24, 2.45) is 0 Å². The van der Waals surface area contributed by atoms with E-state index in [-0.39, 0.29) is 17.1 Å². The van der Waals surface area contributed by atoms with E-state index in [0.717, 1.165) is 12.1 Å². The lowest BCUT2D eigenvalue weighted by atomic mass is 10.2. The summed E-state index contributed by atoms with van der Waals surface area (Å²) in [5.41, 5.74) is -0.105. The second-order valence-corrected chi connectivity index (χ2v) is 3.77. The molecular formula is C13H9F3N2O2. The van der Waals surface area contributed by atoms with Crippen LogP contribution in [0.2, 0.25) is 0 Å². The second kappa shape index (κ2) is 5.60. The number of hydrogen-bond donors (Lipinski definition) is 1. The van der Waals surface area contributed by atoms with Crippen LogP contribution in [0.25, 0.3) is 0 Å². The lowest BCUT2D eigenvalue weighted by Gasteiger charge is -2.08. The molecule has 0 unspecified atom stereocenters. The van der Waals surface area contributed by atoms with Crippen molar-refractivity contribution in [3.63, 3.8) is 0 Å². The number of halogens is 3. The third kappa shape index (κ3) is 2.71. The number of methoxy groups -OCH3 is 1. The van der Waals surface area contributed by atoms with Crippen LogP contribution < -0.4 is 5.32 Å². The molecule has 2 aromatic rings. The lowest BCUT2D eigenvalue weighted by Crippen LogP contribution is -2.04. The van der Waals surface area contributed by atoms with Crippen LogP contribution in [-0.2, 0) is 4.74 Å². The van der Waals surface area contributed by atoms with Crippen molar-refractivity contribution in [2.45, 2.75) is 0 Å². The van der Waals surface area contributed by atoms with Gasteiger partial charge in [0, 0.05) is 6.20 Å². The first-order valence-corrected chi connectivity index (χ1v) is 5.48. The van der Waals surface area contributed by atoms with Crippen molar-refractivity contribution >= 4 is 17.5 Å². The SMILES string of the molecule is COC(=O)c1ccnc(Nc2ccc(F)c(F)c2F)c1. The molecule has 0 saturated carbocycles. The molecule has 0 aliphatic carbocycles. The smallest absolute Gasteiger partial charge is 0.338 e. The van der Waals surface area contributed by atoms with Gasteiger partial charge in [0.1, 0.15) is 5.82 Å². The van der Waals surface area contributed by atoms with E-state index in [1.165, 1.54) is 25.4 Å². The molecule has 0 bridgehead atoms. The van der Waals surface area contributed by atoms with Crippen LogP contribution in [0.5, 0.6) is 0 Å². The predicted octanol–water partition coefficient (Wildman–Crippen LogP) is 3.03. The fourth-order valence-electron chi connectivity index (χ4n) is 1.50. The normalized spacial score (nSPS) is 10.2. The molecule has 0 atom stereocenters. The molecule has 1 aromatic heterocycles. The minimum absolute atomic E-state index is 0.0952. The number of benzene rings is 1. The second-order valence-electron chi connectivity index (χ2n) is 3.77. The van der Waals surface area contributed by atoms with E-state index in [0.29, 0.717) is 0 Å². The van der Waals surface area contributed by atoms with Crippen LogP contribution in [0.4, 0.5) is 24.7 Å². The fraction of sp³-hybridized carbons (Fsp3) is 0.0769. The molecule has 0 spiro atoms. The summed E-state index contributed by atoms with van der Waals surface area (Å²) in [4.78, 5) is 15.2. The zero-order valence-corrected chi connectivity index (χ0v) is 10.3. The van der Waals surface area contributed by atoms with Gasteiger partial charge in [0.15, 0.2) is 17.5 Å². The van der Waals surface area contributed by atoms with E-state index in [2.05, 4.69) is 15.0 Å². The minimum Gasteiger partial charge on any atom is -0.465 e. The summed E-state index contributed by atoms with van der Waals surface area (Å²) < 4.78 is 43.9. The highest BCUT2D eigenvalue weighted by Gasteiger charge is 2.14. The zero-order valence-electron chi connectivity index (χ0n) is 10.3. The highest BCUT2D eigenvalue weighted by molar-refractivity contribution is 5.90. The zero-order chi connectivity index (χ0) is 14.7. The third-order valence-corrected chi connectivity index (χ3v) is 2.48. The molecule has 4 nitrogen and oxygen atoms in total. The summed E-state index contributed by atoms with van der Waals surface area (Å²) in [6.45, 7) is 0. The van der Waals surface area contributed by atoms with Crippen molar-refractivity contribution in [3.8, 4) is 0 Å². The number of carbonyl (C=O) groups is 1. The Hall–Kier alpha value is -2.57. The van der Waals surface area contributed by atoms with E-state index in [1.807, 2.05) is 0 Å². The summed E-state index contributed by atoms with van der Waals surface area (Å²) >= 11 is 0. The Bertz CT molecular complexity index is 662. The van der Waals surface area contributed by atoms with Gasteiger partial charge in [0.25, 0.3) is 0 Å². The summed E-state index contributed by atoms with van der Waals surface area (Å²) in [6.07, 6.45) is 1.30. The van der Waals surface area contributed by atoms with Crippen LogP contribution in [0.1, 0.15) is 10.4 Å². The number of pyridine rings is 1. The van der Waals surface area contributed by atoms with Crippen molar-refractivity contribution in [1.82, 2.24) is 4.98 Å². The Morgan fingerprint density at radius 1 is 1.20 bits per heavy atom. The first kappa shape index (κ1) is 13.9. The Balaban J connectivity index is 2.31. The van der Waals surface area contributed by atoms with Gasteiger partial charge >= 0.3 is 5.97 Å². The summed E-state index contributed by atoms with van der Waals surface area (Å²) in [7, 11) is 1.21. The number of nitrogens with one attached hydrogen (secondary N) is 1. The summed E-state index contributed by atoms with van der Waals surface area (Å²) in [5, 5.41) is 2.46. The van der Waals surface area contributed by atoms with E-state index in [1.54, 1.807) is 0 Å². The first-order chi connectivity index (χ1) is 9.52. The van der Waals surface area contributed by atoms with Gasteiger partial charge < -0.3 is 10.1 Å². The molecule has 0 aliphatic heterocycles. The first-order valence-electron chi connectivity index (χ1n) is 5.48. The average Bonchev–Trinajstić information content (AvgIpc) is 2.47. The molecular weight excluding hydrogens is 273 g/mol. The van der Waals surface area contributed by atoms with Crippen LogP contribution in [0.3, 0.4) is 0 Å². The standard InChI is InChI=1S/C13H9F3N2O2/c1-20-13(19)7-4-5-17-10(6-7)18-9-3-2-8(14)11(15)12(9)16/h2-6H,1H3,(H,17,18). The van der Waals surface area contributed by atoms with Gasteiger partial charge in [0.05, 0.1) is 18.4 Å². The Kier molecular flexibility index (Phi) is 3.88. The minimum atomic E-state index is -1.58. The number of ether oxygens (including phenoxy) is 1. The Labute approximate surface area is 112 Å². The molecule has 1 aromatic carbocycles. The summed E-state index contributed by atoms with van der Waals surface area (Å²) in [6, 6.07) is 4.51. The maximum atomic E-state index is 13.5. The molecule has 1 heterocycles. The number of anilines is 2. The van der Waals surface area contributed by atoms with Crippen molar-refractivity contribution in [2.75, 3.05) is 12.4 Å². The third-order valence-electron chi connectivity index (χ3n) is 2.48. The molecule has 0 fully saturated rings. The molecule has 0 aliphatic rings. The van der Waals surface area contributed by atoms with Gasteiger partial charge in [-0.2, -0.15) is 0 Å². The van der Waals surface area contributed by atoms with Gasteiger partial charge in [-0.05, 0) is 24.3 Å². The molecule has 20 heavy (non-hydrogen) atoms. The molecule has 2 rings (SSSR count). The van der Waals surface area contributed by atoms with Gasteiger partial charge in [0.2, 0.25) is 0 Å². The largest absolute Gasteiger partial charge is 0.465 e. The number of nitrogens with zero attached hydrogens (tertiary/aromatic N) is 1. The molecule has 1 N–H and O–H groups in total. The molecule has 0 amide bonds.